The van der Waals surface area contributed by atoms with Gasteiger partial charge in [-0.3, -0.25) is 9.40 Å². The van der Waals surface area contributed by atoms with Gasteiger partial charge < -0.3 is 5.73 Å². The quantitative estimate of drug-likeness (QED) is 0.868. The minimum atomic E-state index is -3.83. The Balaban J connectivity index is 2.31. The molecule has 1 aromatic carbocycles. The van der Waals surface area contributed by atoms with Gasteiger partial charge in [-0.05, 0) is 24.6 Å². The van der Waals surface area contributed by atoms with E-state index < -0.39 is 10.0 Å². The largest absolute Gasteiger partial charge is 0.381 e. The first kappa shape index (κ1) is 15.9. The van der Waals surface area contributed by atoms with Crippen molar-refractivity contribution in [3.63, 3.8) is 0 Å². The third kappa shape index (κ3) is 3.61. The van der Waals surface area contributed by atoms with Crippen LogP contribution in [0.4, 0.5) is 11.5 Å². The Kier molecular flexibility index (Phi) is 4.65. The van der Waals surface area contributed by atoms with E-state index in [-0.39, 0.29) is 15.7 Å². The zero-order chi connectivity index (χ0) is 15.6. The van der Waals surface area contributed by atoms with E-state index in [1.807, 2.05) is 6.92 Å². The highest BCUT2D eigenvalue weighted by Gasteiger charge is 2.21. The highest BCUT2D eigenvalue weighted by atomic mass is 35.5. The van der Waals surface area contributed by atoms with Crippen LogP contribution >= 0.6 is 23.2 Å². The van der Waals surface area contributed by atoms with E-state index in [0.717, 1.165) is 6.42 Å². The summed E-state index contributed by atoms with van der Waals surface area (Å²) in [5.41, 5.74) is 5.97. The molecule has 2 rings (SSSR count). The lowest BCUT2D eigenvalue weighted by Gasteiger charge is -2.07. The average Bonchev–Trinajstić information content (AvgIpc) is 2.76. The molecular weight excluding hydrogens is 335 g/mol. The van der Waals surface area contributed by atoms with Crippen molar-refractivity contribution in [3.8, 4) is 0 Å². The number of hydrogen-bond donors (Lipinski definition) is 2. The molecule has 1 heterocycles. The van der Waals surface area contributed by atoms with E-state index in [0.29, 0.717) is 17.3 Å². The molecule has 0 saturated heterocycles. The summed E-state index contributed by atoms with van der Waals surface area (Å²) in [7, 11) is -3.83. The summed E-state index contributed by atoms with van der Waals surface area (Å²) in [6.07, 6.45) is 2.22. The normalized spacial score (nSPS) is 11.6. The number of nitrogens with two attached hydrogens (primary N) is 1. The predicted molar refractivity (Wildman–Crippen MR) is 84.2 cm³/mol. The predicted octanol–water partition coefficient (Wildman–Crippen LogP) is 2.98. The number of benzene rings is 1. The van der Waals surface area contributed by atoms with E-state index in [1.54, 1.807) is 0 Å². The first-order chi connectivity index (χ1) is 9.83. The maximum Gasteiger partial charge on any atom is 0.267 e. The molecule has 21 heavy (non-hydrogen) atoms. The molecule has 9 heteroatoms. The summed E-state index contributed by atoms with van der Waals surface area (Å²) < 4.78 is 28.5. The average molecular weight is 349 g/mol. The Hall–Kier alpha value is -1.44. The van der Waals surface area contributed by atoms with E-state index in [4.69, 9.17) is 28.9 Å². The fraction of sp³-hybridized carbons (Fsp3) is 0.250. The Morgan fingerprint density at radius 3 is 2.67 bits per heavy atom. The first-order valence-electron chi connectivity index (χ1n) is 6.14. The van der Waals surface area contributed by atoms with Crippen molar-refractivity contribution < 1.29 is 8.42 Å². The Labute approximate surface area is 132 Å². The van der Waals surface area contributed by atoms with Crippen LogP contribution in [0.25, 0.3) is 0 Å². The second kappa shape index (κ2) is 6.13. The van der Waals surface area contributed by atoms with Crippen LogP contribution in [-0.2, 0) is 16.6 Å². The van der Waals surface area contributed by atoms with Gasteiger partial charge >= 0.3 is 0 Å². The minimum absolute atomic E-state index is 0.0454. The zero-order valence-electron chi connectivity index (χ0n) is 11.2. The summed E-state index contributed by atoms with van der Waals surface area (Å²) in [6.45, 7) is 2.55. The molecule has 0 amide bonds. The van der Waals surface area contributed by atoms with E-state index in [2.05, 4.69) is 9.82 Å². The molecule has 0 fully saturated rings. The van der Waals surface area contributed by atoms with Gasteiger partial charge in [0, 0.05) is 12.7 Å². The third-order valence-corrected chi connectivity index (χ3v) is 4.81. The molecule has 0 spiro atoms. The van der Waals surface area contributed by atoms with Gasteiger partial charge in [-0.15, -0.1) is 0 Å². The van der Waals surface area contributed by atoms with Crippen LogP contribution < -0.4 is 10.5 Å². The van der Waals surface area contributed by atoms with E-state index >= 15 is 0 Å². The molecule has 3 N–H and O–H groups in total. The Bertz CT molecular complexity index is 759. The Morgan fingerprint density at radius 2 is 2.05 bits per heavy atom. The van der Waals surface area contributed by atoms with Crippen molar-refractivity contribution in [1.29, 1.82) is 0 Å². The summed E-state index contributed by atoms with van der Waals surface area (Å²) in [6, 6.07) is 4.44. The number of halogens is 2. The lowest BCUT2D eigenvalue weighted by Crippen LogP contribution is -2.13. The number of aromatic nitrogens is 2. The van der Waals surface area contributed by atoms with Gasteiger partial charge in [0.05, 0.1) is 15.7 Å². The number of rotatable bonds is 5. The number of aryl methyl sites for hydroxylation is 1. The molecule has 0 saturated carbocycles. The van der Waals surface area contributed by atoms with Crippen LogP contribution in [0, 0.1) is 0 Å². The fourth-order valence-corrected chi connectivity index (χ4v) is 3.16. The van der Waals surface area contributed by atoms with E-state index in [9.17, 15) is 8.42 Å². The van der Waals surface area contributed by atoms with Gasteiger partial charge in [0.25, 0.3) is 10.0 Å². The van der Waals surface area contributed by atoms with Crippen LogP contribution in [0.3, 0.4) is 0 Å². The lowest BCUT2D eigenvalue weighted by molar-refractivity contribution is 0.595. The van der Waals surface area contributed by atoms with Crippen molar-refractivity contribution in [2.24, 2.45) is 0 Å². The molecule has 0 aliphatic rings. The Morgan fingerprint density at radius 1 is 1.33 bits per heavy atom. The molecule has 6 nitrogen and oxygen atoms in total. The highest BCUT2D eigenvalue weighted by Crippen LogP contribution is 2.27. The lowest BCUT2D eigenvalue weighted by atomic mass is 10.3. The number of nitrogen functional groups attached to an aromatic ring is 1. The van der Waals surface area contributed by atoms with Crippen molar-refractivity contribution in [3.05, 3.63) is 34.4 Å². The summed E-state index contributed by atoms with van der Waals surface area (Å²) >= 11 is 11.6. The standard InChI is InChI=1S/C12H14Cl2N4O2S/c1-2-5-18-7-11(12(15)16-18)21(19,20)17-8-3-4-9(13)10(14)6-8/h3-4,6-7,17H,2,5H2,1H3,(H2,15,16). The van der Waals surface area contributed by atoms with E-state index in [1.165, 1.54) is 29.1 Å². The summed E-state index contributed by atoms with van der Waals surface area (Å²) in [4.78, 5) is -0.0676. The maximum atomic E-state index is 12.3. The van der Waals surface area contributed by atoms with Gasteiger partial charge in [-0.1, -0.05) is 30.1 Å². The van der Waals surface area contributed by atoms with Crippen molar-refractivity contribution in [2.45, 2.75) is 24.8 Å². The van der Waals surface area contributed by atoms with Crippen molar-refractivity contribution >= 4 is 44.7 Å². The topological polar surface area (TPSA) is 90.0 Å². The van der Waals surface area contributed by atoms with Crippen molar-refractivity contribution in [1.82, 2.24) is 9.78 Å². The SMILES string of the molecule is CCCn1cc(S(=O)(=O)Nc2ccc(Cl)c(Cl)c2)c(N)n1. The molecule has 2 aromatic rings. The molecule has 114 valence electrons. The molecule has 0 aliphatic carbocycles. The van der Waals surface area contributed by atoms with Crippen LogP contribution in [0.5, 0.6) is 0 Å². The molecule has 0 unspecified atom stereocenters. The number of nitrogens with zero attached hydrogens (tertiary/aromatic N) is 2. The highest BCUT2D eigenvalue weighted by molar-refractivity contribution is 7.92. The molecule has 1 aromatic heterocycles. The zero-order valence-corrected chi connectivity index (χ0v) is 13.5. The first-order valence-corrected chi connectivity index (χ1v) is 8.38. The van der Waals surface area contributed by atoms with Gasteiger partial charge in [-0.2, -0.15) is 5.10 Å². The maximum absolute atomic E-state index is 12.3. The third-order valence-electron chi connectivity index (χ3n) is 2.67. The smallest absolute Gasteiger partial charge is 0.267 e. The molecule has 0 atom stereocenters. The fourth-order valence-electron chi connectivity index (χ4n) is 1.74. The van der Waals surface area contributed by atoms with Crippen LogP contribution in [0.1, 0.15) is 13.3 Å². The number of anilines is 2. The van der Waals surface area contributed by atoms with Gasteiger partial charge in [-0.25, -0.2) is 8.42 Å². The number of sulfonamides is 1. The van der Waals surface area contributed by atoms with Crippen LogP contribution in [-0.4, -0.2) is 18.2 Å². The number of hydrogen-bond acceptors (Lipinski definition) is 4. The van der Waals surface area contributed by atoms with Crippen molar-refractivity contribution in [2.75, 3.05) is 10.5 Å². The second-order valence-electron chi connectivity index (χ2n) is 4.38. The number of nitrogens with one attached hydrogen (secondary N) is 1. The monoisotopic (exact) mass is 348 g/mol. The minimum Gasteiger partial charge on any atom is -0.381 e. The molecule has 0 radical (unpaired) electrons. The molecule has 0 bridgehead atoms. The van der Waals surface area contributed by atoms with Gasteiger partial charge in [0.2, 0.25) is 0 Å². The summed E-state index contributed by atoms with van der Waals surface area (Å²) in [5, 5.41) is 4.57. The molecular formula is C12H14Cl2N4O2S. The van der Waals surface area contributed by atoms with Gasteiger partial charge in [0.1, 0.15) is 4.90 Å². The van der Waals surface area contributed by atoms with Gasteiger partial charge in [0.15, 0.2) is 5.82 Å². The second-order valence-corrected chi connectivity index (χ2v) is 6.84. The van der Waals surface area contributed by atoms with Crippen LogP contribution in [0.2, 0.25) is 10.0 Å². The summed E-state index contributed by atoms with van der Waals surface area (Å²) in [5.74, 6) is -0.0454. The molecule has 0 aliphatic heterocycles. The van der Waals surface area contributed by atoms with Crippen LogP contribution in [0.15, 0.2) is 29.3 Å².